The number of β-amino-alcohol motifs (C(OH)–C–C–N with tert-alkyl or cyclic N) is 2. The van der Waals surface area contributed by atoms with E-state index in [1.165, 1.54) is 41.3 Å². The fraction of sp³-hybridized carbons (Fsp3) is 0.462. The molecule has 0 radical (unpaired) electrons. The third kappa shape index (κ3) is 14.1. The van der Waals surface area contributed by atoms with Crippen molar-refractivity contribution < 1.29 is 47.6 Å². The fourth-order valence-corrected chi connectivity index (χ4v) is 10.0. The lowest BCUT2D eigenvalue weighted by Crippen LogP contribution is -2.56. The van der Waals surface area contributed by atoms with Crippen molar-refractivity contribution in [3.8, 4) is 0 Å². The number of aliphatic hydroxyl groups is 4. The summed E-state index contributed by atoms with van der Waals surface area (Å²) < 4.78 is 52.8. The van der Waals surface area contributed by atoms with Gasteiger partial charge in [-0.15, -0.1) is 0 Å². The lowest BCUT2D eigenvalue weighted by Gasteiger charge is -2.43. The monoisotopic (exact) mass is 997 g/mol. The lowest BCUT2D eigenvalue weighted by molar-refractivity contribution is -0.140. The topological polar surface area (TPSA) is 140 Å². The molecule has 0 aliphatic carbocycles. The number of aliphatic hydroxyl groups excluding tert-OH is 2. The van der Waals surface area contributed by atoms with Crippen LogP contribution in [0.5, 0.6) is 0 Å². The van der Waals surface area contributed by atoms with E-state index in [-0.39, 0.29) is 49.2 Å². The van der Waals surface area contributed by atoms with E-state index in [2.05, 4.69) is 15.1 Å². The van der Waals surface area contributed by atoms with E-state index in [1.54, 1.807) is 29.2 Å². The predicted octanol–water partition coefficient (Wildman–Crippen LogP) is 8.44. The van der Waals surface area contributed by atoms with E-state index >= 15 is 0 Å². The SMILES string of the molecule is O=C(/C=C/c1ccc(Cl)c(Cl)c1)N1CCC(O)(C(O)CN2CCC(c3ccc(F)cc3)CC2)CC1.O=C(Nc1ccc(F)c(F)c1)N1CCC(O)(C(O)CN2CCC(c3ccc(F)cc3)CC2)CC1. The lowest BCUT2D eigenvalue weighted by atomic mass is 9.84. The number of urea groups is 1. The highest BCUT2D eigenvalue weighted by molar-refractivity contribution is 6.42. The molecule has 4 heterocycles. The number of rotatable bonds is 11. The van der Waals surface area contributed by atoms with Crippen molar-refractivity contribution in [2.24, 2.45) is 0 Å². The second-order valence-corrected chi connectivity index (χ2v) is 19.7. The van der Waals surface area contributed by atoms with Crippen LogP contribution in [0.3, 0.4) is 0 Å². The molecule has 372 valence electrons. The molecule has 5 N–H and O–H groups in total. The summed E-state index contributed by atoms with van der Waals surface area (Å²) in [7, 11) is 0. The predicted molar refractivity (Wildman–Crippen MR) is 259 cm³/mol. The molecule has 4 aliphatic heterocycles. The molecule has 4 aromatic rings. The Morgan fingerprint density at radius 1 is 0.609 bits per heavy atom. The van der Waals surface area contributed by atoms with Gasteiger partial charge in [0.05, 0.1) is 33.5 Å². The average Bonchev–Trinajstić information content (AvgIpc) is 3.34. The van der Waals surface area contributed by atoms with Gasteiger partial charge in [0.2, 0.25) is 5.91 Å². The van der Waals surface area contributed by atoms with E-state index < -0.39 is 41.1 Å². The number of piperidine rings is 4. The fourth-order valence-electron chi connectivity index (χ4n) is 9.74. The molecule has 0 spiro atoms. The number of hydrogen-bond donors (Lipinski definition) is 5. The first-order valence-corrected chi connectivity index (χ1v) is 24.4. The molecule has 2 atom stereocenters. The standard InChI is InChI=1S/C27H31Cl2FN2O3.C25H30F3N3O3/c28-23-7-1-19(17-24(23)29)2-8-26(34)32-15-11-27(35,12-16-32)25(33)18-31-13-9-21(10-14-31)20-3-5-22(30)6-4-20;26-19-3-1-17(2-4-19)18-7-11-30(12-8-18)16-23(32)25(34)9-13-31(14-10-25)24(33)29-20-5-6-21(27)22(28)15-20/h1-8,17,21,25,33,35H,9-16,18H2;1-6,15,18,23,32,34H,7-14,16H2,(H,29,33)/b8-2+;. The minimum atomic E-state index is -1.30. The van der Waals surface area contributed by atoms with Crippen molar-refractivity contribution >= 4 is 46.9 Å². The first-order chi connectivity index (χ1) is 33.0. The van der Waals surface area contributed by atoms with E-state index in [9.17, 15) is 47.6 Å². The van der Waals surface area contributed by atoms with Gasteiger partial charge in [0.15, 0.2) is 11.6 Å². The summed E-state index contributed by atoms with van der Waals surface area (Å²) in [4.78, 5) is 32.5. The molecule has 4 aliphatic rings. The molecule has 11 nitrogen and oxygen atoms in total. The van der Waals surface area contributed by atoms with Gasteiger partial charge >= 0.3 is 6.03 Å². The number of benzene rings is 4. The second kappa shape index (κ2) is 23.6. The number of carbonyl (C=O) groups is 2. The van der Waals surface area contributed by atoms with Gasteiger partial charge in [0.25, 0.3) is 0 Å². The van der Waals surface area contributed by atoms with Crippen LogP contribution in [0.1, 0.15) is 79.9 Å². The maximum atomic E-state index is 13.4. The van der Waals surface area contributed by atoms with Crippen molar-refractivity contribution in [3.63, 3.8) is 0 Å². The van der Waals surface area contributed by atoms with Crippen LogP contribution in [0.25, 0.3) is 6.08 Å². The van der Waals surface area contributed by atoms with Gasteiger partial charge in [0.1, 0.15) is 11.6 Å². The van der Waals surface area contributed by atoms with Crippen molar-refractivity contribution in [1.29, 1.82) is 0 Å². The molecule has 0 bridgehead atoms. The van der Waals surface area contributed by atoms with Crippen LogP contribution in [-0.4, -0.2) is 141 Å². The number of nitrogens with one attached hydrogen (secondary N) is 1. The molecular weight excluding hydrogens is 937 g/mol. The molecule has 69 heavy (non-hydrogen) atoms. The molecule has 0 saturated carbocycles. The molecule has 3 amide bonds. The van der Waals surface area contributed by atoms with Crippen molar-refractivity contribution in [2.45, 2.75) is 86.6 Å². The highest BCUT2D eigenvalue weighted by atomic mass is 35.5. The van der Waals surface area contributed by atoms with Gasteiger partial charge in [-0.05, 0) is 161 Å². The summed E-state index contributed by atoms with van der Waals surface area (Å²) in [5.74, 6) is -1.91. The molecule has 4 fully saturated rings. The molecular formula is C52H61Cl2F4N5O6. The largest absolute Gasteiger partial charge is 0.389 e. The number of likely N-dealkylation sites (tertiary alicyclic amines) is 4. The Kier molecular flexibility index (Phi) is 17.8. The highest BCUT2D eigenvalue weighted by Crippen LogP contribution is 2.33. The second-order valence-electron chi connectivity index (χ2n) is 18.9. The van der Waals surface area contributed by atoms with Crippen LogP contribution < -0.4 is 5.32 Å². The number of amides is 3. The number of anilines is 1. The summed E-state index contributed by atoms with van der Waals surface area (Å²) in [5, 5.41) is 47.2. The number of carbonyl (C=O) groups excluding carboxylic acids is 2. The van der Waals surface area contributed by atoms with Crippen LogP contribution in [0.2, 0.25) is 10.0 Å². The molecule has 4 aromatic carbocycles. The Morgan fingerprint density at radius 2 is 1.07 bits per heavy atom. The average molecular weight is 999 g/mol. The Bertz CT molecular complexity index is 2370. The van der Waals surface area contributed by atoms with Crippen LogP contribution in [0.15, 0.2) is 91.0 Å². The maximum absolute atomic E-state index is 13.4. The van der Waals surface area contributed by atoms with Crippen molar-refractivity contribution in [1.82, 2.24) is 19.6 Å². The Balaban J connectivity index is 0.000000204. The summed E-state index contributed by atoms with van der Waals surface area (Å²) >= 11 is 11.9. The van der Waals surface area contributed by atoms with Crippen LogP contribution in [0, 0.1) is 23.3 Å². The van der Waals surface area contributed by atoms with E-state index in [4.69, 9.17) is 23.2 Å². The third-order valence-corrected chi connectivity index (χ3v) is 15.1. The van der Waals surface area contributed by atoms with Gasteiger partial charge in [-0.3, -0.25) is 4.79 Å². The normalized spacial score (nSPS) is 20.3. The van der Waals surface area contributed by atoms with Gasteiger partial charge in [0, 0.05) is 57.1 Å². The third-order valence-electron chi connectivity index (χ3n) is 14.4. The summed E-state index contributed by atoms with van der Waals surface area (Å²) in [6, 6.07) is 21.1. The summed E-state index contributed by atoms with van der Waals surface area (Å²) in [5.41, 5.74) is 0.684. The van der Waals surface area contributed by atoms with Crippen LogP contribution >= 0.6 is 23.2 Å². The quantitative estimate of drug-likeness (QED) is 0.0746. The summed E-state index contributed by atoms with van der Waals surface area (Å²) in [6.45, 7) is 5.15. The number of nitrogens with zero attached hydrogens (tertiary/aromatic N) is 4. The zero-order chi connectivity index (χ0) is 49.3. The van der Waals surface area contributed by atoms with E-state index in [0.717, 1.165) is 80.7 Å². The van der Waals surface area contributed by atoms with Gasteiger partial charge in [-0.2, -0.15) is 0 Å². The molecule has 8 rings (SSSR count). The Morgan fingerprint density at radius 3 is 1.52 bits per heavy atom. The summed E-state index contributed by atoms with van der Waals surface area (Å²) in [6.07, 6.45) is 6.09. The first-order valence-electron chi connectivity index (χ1n) is 23.7. The van der Waals surface area contributed by atoms with Gasteiger partial charge < -0.3 is 45.3 Å². The molecule has 4 saturated heterocycles. The minimum Gasteiger partial charge on any atom is -0.389 e. The highest BCUT2D eigenvalue weighted by Gasteiger charge is 2.42. The van der Waals surface area contributed by atoms with Crippen LogP contribution in [-0.2, 0) is 4.79 Å². The number of hydrogen-bond acceptors (Lipinski definition) is 8. The van der Waals surface area contributed by atoms with Gasteiger partial charge in [-0.1, -0.05) is 53.5 Å². The smallest absolute Gasteiger partial charge is 0.321 e. The van der Waals surface area contributed by atoms with E-state index in [1.807, 2.05) is 24.3 Å². The zero-order valence-electron chi connectivity index (χ0n) is 38.4. The minimum absolute atomic E-state index is 0.143. The zero-order valence-corrected chi connectivity index (χ0v) is 39.9. The molecule has 2 unspecified atom stereocenters. The van der Waals surface area contributed by atoms with Crippen molar-refractivity contribution in [2.75, 3.05) is 70.8 Å². The van der Waals surface area contributed by atoms with Crippen LogP contribution in [0.4, 0.5) is 28.0 Å². The molecule has 0 aromatic heterocycles. The Hall–Kier alpha value is -4.58. The first kappa shape index (κ1) is 52.2. The Labute approximate surface area is 410 Å². The molecule has 17 heteroatoms. The number of halogens is 6. The maximum Gasteiger partial charge on any atom is 0.321 e. The van der Waals surface area contributed by atoms with E-state index in [0.29, 0.717) is 60.9 Å². The van der Waals surface area contributed by atoms with Gasteiger partial charge in [-0.25, -0.2) is 22.4 Å². The van der Waals surface area contributed by atoms with Crippen molar-refractivity contribution in [3.05, 3.63) is 141 Å².